The summed E-state index contributed by atoms with van der Waals surface area (Å²) in [6.45, 7) is 0. The lowest BCUT2D eigenvalue weighted by molar-refractivity contribution is -0.120. The zero-order chi connectivity index (χ0) is 15.4. The van der Waals surface area contributed by atoms with Crippen LogP contribution in [0.15, 0.2) is 46.3 Å². The molecule has 22 heavy (non-hydrogen) atoms. The van der Waals surface area contributed by atoms with E-state index in [0.717, 1.165) is 24.2 Å². The Morgan fingerprint density at radius 1 is 1.32 bits per heavy atom. The van der Waals surface area contributed by atoms with Gasteiger partial charge in [0.05, 0.1) is 12.1 Å². The van der Waals surface area contributed by atoms with E-state index in [-0.39, 0.29) is 17.9 Å². The average Bonchev–Trinajstić information content (AvgIpc) is 3.29. The molecule has 5 nitrogen and oxygen atoms in total. The first-order valence-electron chi connectivity index (χ1n) is 7.25. The minimum Gasteiger partial charge on any atom is -0.353 e. The summed E-state index contributed by atoms with van der Waals surface area (Å²) in [4.78, 5) is 30.6. The van der Waals surface area contributed by atoms with Gasteiger partial charge in [0, 0.05) is 17.9 Å². The predicted molar refractivity (Wildman–Crippen MR) is 85.7 cm³/mol. The highest BCUT2D eigenvalue weighted by Gasteiger charge is 2.23. The van der Waals surface area contributed by atoms with Gasteiger partial charge in [-0.15, -0.1) is 0 Å². The van der Waals surface area contributed by atoms with Crippen molar-refractivity contribution in [2.24, 2.45) is 0 Å². The van der Waals surface area contributed by atoms with Crippen molar-refractivity contribution in [2.75, 3.05) is 0 Å². The van der Waals surface area contributed by atoms with E-state index in [4.69, 9.17) is 0 Å². The summed E-state index contributed by atoms with van der Waals surface area (Å²) in [5.74, 6) is 0.654. The molecule has 3 rings (SSSR count). The summed E-state index contributed by atoms with van der Waals surface area (Å²) in [6.07, 6.45) is 2.25. The number of hydrogen-bond donors (Lipinski definition) is 2. The quantitative estimate of drug-likeness (QED) is 0.630. The molecule has 0 aliphatic heterocycles. The summed E-state index contributed by atoms with van der Waals surface area (Å²) < 4.78 is 0. The van der Waals surface area contributed by atoms with Crippen LogP contribution in [0.2, 0.25) is 0 Å². The first-order valence-corrected chi connectivity index (χ1v) is 8.24. The van der Waals surface area contributed by atoms with E-state index in [1.807, 2.05) is 30.3 Å². The van der Waals surface area contributed by atoms with Gasteiger partial charge in [0.2, 0.25) is 5.91 Å². The number of aromatic nitrogens is 2. The van der Waals surface area contributed by atoms with Gasteiger partial charge in [0.25, 0.3) is 5.56 Å². The second-order valence-corrected chi connectivity index (χ2v) is 6.30. The standard InChI is InChI=1S/C16H17N3O2S/c20-14(17-12-6-7-12)8-13-9-15(21)19-16(18-13)22-10-11-4-2-1-3-5-11/h1-5,9,12H,6-8,10H2,(H,17,20)(H,18,19,21). The fraction of sp³-hybridized carbons (Fsp3) is 0.312. The normalized spacial score (nSPS) is 13.8. The monoisotopic (exact) mass is 315 g/mol. The Morgan fingerprint density at radius 3 is 2.82 bits per heavy atom. The van der Waals surface area contributed by atoms with Gasteiger partial charge in [0.1, 0.15) is 0 Å². The Bertz CT molecular complexity index is 711. The highest BCUT2D eigenvalue weighted by molar-refractivity contribution is 7.98. The van der Waals surface area contributed by atoms with Crippen molar-refractivity contribution in [1.29, 1.82) is 0 Å². The third-order valence-electron chi connectivity index (χ3n) is 3.28. The van der Waals surface area contributed by atoms with Crippen molar-refractivity contribution in [3.8, 4) is 0 Å². The molecule has 1 heterocycles. The minimum atomic E-state index is -0.222. The minimum absolute atomic E-state index is 0.0698. The van der Waals surface area contributed by atoms with Crippen molar-refractivity contribution < 1.29 is 4.79 Å². The Hall–Kier alpha value is -2.08. The third-order valence-corrected chi connectivity index (χ3v) is 4.22. The summed E-state index contributed by atoms with van der Waals surface area (Å²) in [5.41, 5.74) is 1.45. The van der Waals surface area contributed by atoms with Crippen LogP contribution in [0, 0.1) is 0 Å². The number of carbonyl (C=O) groups is 1. The SMILES string of the molecule is O=C(Cc1cc(=O)[nH]c(SCc2ccccc2)n1)NC1CC1. The van der Waals surface area contributed by atoms with E-state index >= 15 is 0 Å². The second kappa shape index (κ2) is 6.79. The van der Waals surface area contributed by atoms with Crippen molar-refractivity contribution in [2.45, 2.75) is 36.2 Å². The summed E-state index contributed by atoms with van der Waals surface area (Å²) in [6, 6.07) is 11.7. The van der Waals surface area contributed by atoms with E-state index < -0.39 is 0 Å². The Balaban J connectivity index is 1.64. The molecular formula is C16H17N3O2S. The molecule has 1 amide bonds. The molecule has 1 aromatic heterocycles. The topological polar surface area (TPSA) is 74.8 Å². The zero-order valence-corrected chi connectivity index (χ0v) is 12.9. The van der Waals surface area contributed by atoms with E-state index in [1.165, 1.54) is 17.8 Å². The molecule has 0 saturated heterocycles. The van der Waals surface area contributed by atoms with Gasteiger partial charge in [-0.05, 0) is 18.4 Å². The van der Waals surface area contributed by atoms with E-state index in [0.29, 0.717) is 16.9 Å². The molecule has 2 N–H and O–H groups in total. The molecule has 0 radical (unpaired) electrons. The van der Waals surface area contributed by atoms with Crippen molar-refractivity contribution in [3.63, 3.8) is 0 Å². The van der Waals surface area contributed by atoms with Crippen LogP contribution in [0.1, 0.15) is 24.1 Å². The summed E-state index contributed by atoms with van der Waals surface area (Å²) >= 11 is 1.46. The maximum Gasteiger partial charge on any atom is 0.251 e. The van der Waals surface area contributed by atoms with Gasteiger partial charge in [-0.2, -0.15) is 0 Å². The number of H-pyrrole nitrogens is 1. The highest BCUT2D eigenvalue weighted by atomic mass is 32.2. The molecular weight excluding hydrogens is 298 g/mol. The number of amides is 1. The fourth-order valence-electron chi connectivity index (χ4n) is 2.04. The van der Waals surface area contributed by atoms with Gasteiger partial charge in [-0.25, -0.2) is 4.98 Å². The van der Waals surface area contributed by atoms with Crippen LogP contribution in [-0.4, -0.2) is 21.9 Å². The molecule has 1 fully saturated rings. The molecule has 0 unspecified atom stereocenters. The molecule has 0 atom stereocenters. The number of benzene rings is 1. The van der Waals surface area contributed by atoms with Gasteiger partial charge in [0.15, 0.2) is 5.16 Å². The number of carbonyl (C=O) groups excluding carboxylic acids is 1. The van der Waals surface area contributed by atoms with Gasteiger partial charge >= 0.3 is 0 Å². The van der Waals surface area contributed by atoms with Crippen LogP contribution < -0.4 is 10.9 Å². The molecule has 1 aliphatic rings. The first-order chi connectivity index (χ1) is 10.7. The molecule has 6 heteroatoms. The largest absolute Gasteiger partial charge is 0.353 e. The number of aromatic amines is 1. The Labute approximate surface area is 132 Å². The van der Waals surface area contributed by atoms with Crippen molar-refractivity contribution >= 4 is 17.7 Å². The smallest absolute Gasteiger partial charge is 0.251 e. The molecule has 1 aromatic carbocycles. The van der Waals surface area contributed by atoms with Crippen LogP contribution in [0.5, 0.6) is 0 Å². The van der Waals surface area contributed by atoms with Crippen molar-refractivity contribution in [1.82, 2.24) is 15.3 Å². The molecule has 2 aromatic rings. The van der Waals surface area contributed by atoms with Crippen LogP contribution in [-0.2, 0) is 17.0 Å². The number of nitrogens with zero attached hydrogens (tertiary/aromatic N) is 1. The molecule has 114 valence electrons. The van der Waals surface area contributed by atoms with Crippen LogP contribution in [0.3, 0.4) is 0 Å². The van der Waals surface area contributed by atoms with E-state index in [1.54, 1.807) is 0 Å². The molecule has 1 saturated carbocycles. The van der Waals surface area contributed by atoms with Crippen LogP contribution >= 0.6 is 11.8 Å². The Kier molecular flexibility index (Phi) is 4.58. The average molecular weight is 315 g/mol. The first kappa shape index (κ1) is 14.8. The number of hydrogen-bond acceptors (Lipinski definition) is 4. The number of rotatable bonds is 6. The van der Waals surface area contributed by atoms with E-state index in [9.17, 15) is 9.59 Å². The summed E-state index contributed by atoms with van der Waals surface area (Å²) in [5, 5.41) is 3.45. The van der Waals surface area contributed by atoms with Crippen LogP contribution in [0.25, 0.3) is 0 Å². The lowest BCUT2D eigenvalue weighted by Gasteiger charge is -2.05. The van der Waals surface area contributed by atoms with Gasteiger partial charge in [-0.1, -0.05) is 42.1 Å². The fourth-order valence-corrected chi connectivity index (χ4v) is 2.89. The lowest BCUT2D eigenvalue weighted by Crippen LogP contribution is -2.28. The maximum atomic E-state index is 11.8. The zero-order valence-electron chi connectivity index (χ0n) is 12.0. The van der Waals surface area contributed by atoms with Crippen molar-refractivity contribution in [3.05, 3.63) is 58.0 Å². The van der Waals surface area contributed by atoms with Crippen LogP contribution in [0.4, 0.5) is 0 Å². The second-order valence-electron chi connectivity index (χ2n) is 5.33. The Morgan fingerprint density at radius 2 is 2.09 bits per heavy atom. The van der Waals surface area contributed by atoms with Gasteiger partial charge < -0.3 is 10.3 Å². The number of thioether (sulfide) groups is 1. The number of nitrogens with one attached hydrogen (secondary N) is 2. The highest BCUT2D eigenvalue weighted by Crippen LogP contribution is 2.19. The molecule has 0 bridgehead atoms. The lowest BCUT2D eigenvalue weighted by atomic mass is 10.2. The van der Waals surface area contributed by atoms with E-state index in [2.05, 4.69) is 15.3 Å². The molecule has 1 aliphatic carbocycles. The third kappa shape index (κ3) is 4.46. The predicted octanol–water partition coefficient (Wildman–Crippen LogP) is 1.88. The maximum absolute atomic E-state index is 11.8. The summed E-state index contributed by atoms with van der Waals surface area (Å²) in [7, 11) is 0. The molecule has 0 spiro atoms. The van der Waals surface area contributed by atoms with Gasteiger partial charge in [-0.3, -0.25) is 9.59 Å².